The molecule has 66 valence electrons. The van der Waals surface area contributed by atoms with Crippen molar-refractivity contribution >= 4 is 21.8 Å². The summed E-state index contributed by atoms with van der Waals surface area (Å²) in [5, 5.41) is 2.37. The molecular formula is C12H8N2. The summed E-state index contributed by atoms with van der Waals surface area (Å²) in [6.07, 6.45) is 3.45. The molecule has 14 heavy (non-hydrogen) atoms. The maximum atomic E-state index is 4.35. The third kappa shape index (κ3) is 0.973. The first-order chi connectivity index (χ1) is 6.95. The normalized spacial score (nSPS) is 10.9. The molecule has 0 atom stereocenters. The average molecular weight is 180 g/mol. The fourth-order valence-electron chi connectivity index (χ4n) is 1.70. The van der Waals surface area contributed by atoms with Crippen molar-refractivity contribution in [3.63, 3.8) is 0 Å². The molecule has 0 spiro atoms. The summed E-state index contributed by atoms with van der Waals surface area (Å²) >= 11 is 0. The van der Waals surface area contributed by atoms with Gasteiger partial charge in [0.25, 0.3) is 0 Å². The smallest absolute Gasteiger partial charge is 0.0965 e. The van der Waals surface area contributed by atoms with Gasteiger partial charge in [-0.05, 0) is 11.5 Å². The number of aromatic nitrogens is 2. The maximum absolute atomic E-state index is 4.35. The molecule has 3 aromatic rings. The molecular weight excluding hydrogens is 172 g/mol. The summed E-state index contributed by atoms with van der Waals surface area (Å²) < 4.78 is 0. The zero-order valence-electron chi connectivity index (χ0n) is 7.51. The van der Waals surface area contributed by atoms with Crippen LogP contribution in [0.4, 0.5) is 0 Å². The lowest BCUT2D eigenvalue weighted by molar-refractivity contribution is 1.30. The molecule has 0 N–H and O–H groups in total. The van der Waals surface area contributed by atoms with E-state index in [1.54, 1.807) is 12.4 Å². The van der Waals surface area contributed by atoms with E-state index in [1.807, 2.05) is 18.2 Å². The minimum Gasteiger partial charge on any atom is -0.253 e. The van der Waals surface area contributed by atoms with E-state index in [0.29, 0.717) is 0 Å². The second kappa shape index (κ2) is 2.77. The predicted molar refractivity (Wildman–Crippen MR) is 57.0 cm³/mol. The van der Waals surface area contributed by atoms with Crippen molar-refractivity contribution in [3.05, 3.63) is 48.8 Å². The van der Waals surface area contributed by atoms with Gasteiger partial charge >= 0.3 is 0 Å². The standard InChI is InChI=1S/C12H8N2/c1-2-4-10-9(3-1)5-6-11-12(10)14-8-7-13-11/h1-8H. The SMILES string of the molecule is c1ccc2c(c1)ccc1nccnc12. The van der Waals surface area contributed by atoms with Crippen molar-refractivity contribution < 1.29 is 0 Å². The summed E-state index contributed by atoms with van der Waals surface area (Å²) in [5.41, 5.74) is 1.93. The molecule has 3 rings (SSSR count). The Bertz CT molecular complexity index is 547. The van der Waals surface area contributed by atoms with E-state index in [9.17, 15) is 0 Å². The van der Waals surface area contributed by atoms with Crippen LogP contribution in [-0.2, 0) is 0 Å². The van der Waals surface area contributed by atoms with E-state index in [-0.39, 0.29) is 0 Å². The van der Waals surface area contributed by atoms with Gasteiger partial charge in [0.15, 0.2) is 0 Å². The van der Waals surface area contributed by atoms with E-state index < -0.39 is 0 Å². The van der Waals surface area contributed by atoms with Crippen molar-refractivity contribution in [1.82, 2.24) is 9.97 Å². The molecule has 0 fully saturated rings. The molecule has 0 amide bonds. The molecule has 2 heteroatoms. The highest BCUT2D eigenvalue weighted by Crippen LogP contribution is 2.21. The van der Waals surface area contributed by atoms with Crippen LogP contribution in [0.2, 0.25) is 0 Å². The van der Waals surface area contributed by atoms with Crippen LogP contribution in [0.5, 0.6) is 0 Å². The number of nitrogens with zero attached hydrogens (tertiary/aromatic N) is 2. The van der Waals surface area contributed by atoms with Crippen LogP contribution in [0.3, 0.4) is 0 Å². The zero-order chi connectivity index (χ0) is 9.38. The fraction of sp³-hybridized carbons (Fsp3) is 0. The average Bonchev–Trinajstić information content (AvgIpc) is 2.29. The summed E-state index contributed by atoms with van der Waals surface area (Å²) in [6, 6.07) is 12.3. The van der Waals surface area contributed by atoms with Gasteiger partial charge in [0, 0.05) is 17.8 Å². The Morgan fingerprint density at radius 2 is 1.64 bits per heavy atom. The second-order valence-electron chi connectivity index (χ2n) is 3.21. The summed E-state index contributed by atoms with van der Waals surface area (Å²) in [4.78, 5) is 8.62. The molecule has 1 heterocycles. The van der Waals surface area contributed by atoms with Crippen molar-refractivity contribution in [2.24, 2.45) is 0 Å². The molecule has 2 nitrogen and oxygen atoms in total. The lowest BCUT2D eigenvalue weighted by atomic mass is 10.1. The molecule has 0 aliphatic carbocycles. The van der Waals surface area contributed by atoms with Gasteiger partial charge in [-0.1, -0.05) is 30.3 Å². The Kier molecular flexibility index (Phi) is 1.47. The van der Waals surface area contributed by atoms with Crippen LogP contribution < -0.4 is 0 Å². The molecule has 0 bridgehead atoms. The Balaban J connectivity index is 2.61. The highest BCUT2D eigenvalue weighted by Gasteiger charge is 1.99. The van der Waals surface area contributed by atoms with E-state index in [0.717, 1.165) is 16.4 Å². The third-order valence-electron chi connectivity index (χ3n) is 2.36. The van der Waals surface area contributed by atoms with Gasteiger partial charge in [-0.25, -0.2) is 0 Å². The van der Waals surface area contributed by atoms with Crippen molar-refractivity contribution in [2.45, 2.75) is 0 Å². The lowest BCUT2D eigenvalue weighted by Crippen LogP contribution is -1.83. The van der Waals surface area contributed by atoms with Crippen molar-refractivity contribution in [1.29, 1.82) is 0 Å². The van der Waals surface area contributed by atoms with Crippen LogP contribution in [0, 0.1) is 0 Å². The highest BCUT2D eigenvalue weighted by atomic mass is 14.8. The van der Waals surface area contributed by atoms with Crippen LogP contribution in [-0.4, -0.2) is 9.97 Å². The minimum absolute atomic E-state index is 0.950. The van der Waals surface area contributed by atoms with Gasteiger partial charge in [0.1, 0.15) is 0 Å². The quantitative estimate of drug-likeness (QED) is 0.497. The van der Waals surface area contributed by atoms with Crippen LogP contribution in [0.1, 0.15) is 0 Å². The Morgan fingerprint density at radius 3 is 2.64 bits per heavy atom. The predicted octanol–water partition coefficient (Wildman–Crippen LogP) is 2.78. The Labute approximate surface area is 81.2 Å². The molecule has 0 unspecified atom stereocenters. The van der Waals surface area contributed by atoms with E-state index >= 15 is 0 Å². The molecule has 1 aromatic heterocycles. The minimum atomic E-state index is 0.950. The first kappa shape index (κ1) is 7.44. The van der Waals surface area contributed by atoms with Gasteiger partial charge in [0.2, 0.25) is 0 Å². The molecule has 0 saturated heterocycles. The zero-order valence-corrected chi connectivity index (χ0v) is 7.51. The molecule has 2 aromatic carbocycles. The Hall–Kier alpha value is -1.96. The number of rotatable bonds is 0. The van der Waals surface area contributed by atoms with Gasteiger partial charge in [-0.3, -0.25) is 9.97 Å². The van der Waals surface area contributed by atoms with Gasteiger partial charge < -0.3 is 0 Å². The number of hydrogen-bond donors (Lipinski definition) is 0. The van der Waals surface area contributed by atoms with Crippen LogP contribution in [0.25, 0.3) is 21.8 Å². The third-order valence-corrected chi connectivity index (χ3v) is 2.36. The Morgan fingerprint density at radius 1 is 0.786 bits per heavy atom. The molecule has 0 aliphatic heterocycles. The van der Waals surface area contributed by atoms with E-state index in [4.69, 9.17) is 0 Å². The van der Waals surface area contributed by atoms with Gasteiger partial charge in [-0.2, -0.15) is 0 Å². The number of hydrogen-bond acceptors (Lipinski definition) is 2. The second-order valence-corrected chi connectivity index (χ2v) is 3.21. The van der Waals surface area contributed by atoms with Crippen LogP contribution in [0.15, 0.2) is 48.8 Å². The van der Waals surface area contributed by atoms with Crippen molar-refractivity contribution in [3.8, 4) is 0 Å². The summed E-state index contributed by atoms with van der Waals surface area (Å²) in [5.74, 6) is 0. The molecule has 0 aliphatic rings. The summed E-state index contributed by atoms with van der Waals surface area (Å²) in [6.45, 7) is 0. The van der Waals surface area contributed by atoms with E-state index in [1.165, 1.54) is 5.39 Å². The molecule has 0 radical (unpaired) electrons. The maximum Gasteiger partial charge on any atom is 0.0965 e. The summed E-state index contributed by atoms with van der Waals surface area (Å²) in [7, 11) is 0. The highest BCUT2D eigenvalue weighted by molar-refractivity contribution is 6.03. The number of benzene rings is 2. The van der Waals surface area contributed by atoms with Crippen LogP contribution >= 0.6 is 0 Å². The monoisotopic (exact) mass is 180 g/mol. The lowest BCUT2D eigenvalue weighted by Gasteiger charge is -2.00. The largest absolute Gasteiger partial charge is 0.253 e. The van der Waals surface area contributed by atoms with Gasteiger partial charge in [0.05, 0.1) is 11.0 Å². The number of fused-ring (bicyclic) bond motifs is 3. The van der Waals surface area contributed by atoms with Crippen molar-refractivity contribution in [2.75, 3.05) is 0 Å². The first-order valence-electron chi connectivity index (χ1n) is 4.53. The van der Waals surface area contributed by atoms with E-state index in [2.05, 4.69) is 28.2 Å². The first-order valence-corrected chi connectivity index (χ1v) is 4.53. The fourth-order valence-corrected chi connectivity index (χ4v) is 1.70. The molecule has 0 saturated carbocycles. The van der Waals surface area contributed by atoms with Gasteiger partial charge in [-0.15, -0.1) is 0 Å². The topological polar surface area (TPSA) is 25.8 Å².